The Bertz CT molecular complexity index is 569. The van der Waals surface area contributed by atoms with Gasteiger partial charge >= 0.3 is 0 Å². The fraction of sp³-hybridized carbons (Fsp3) is 0.647. The van der Waals surface area contributed by atoms with Crippen LogP contribution in [0.25, 0.3) is 0 Å². The Balaban J connectivity index is 1.71. The molecule has 0 amide bonds. The van der Waals surface area contributed by atoms with Gasteiger partial charge in [0.1, 0.15) is 0 Å². The van der Waals surface area contributed by atoms with E-state index in [1.54, 1.807) is 0 Å². The van der Waals surface area contributed by atoms with Crippen LogP contribution in [0.4, 0.5) is 0 Å². The molecule has 1 spiro atoms. The summed E-state index contributed by atoms with van der Waals surface area (Å²) >= 11 is 0. The molecule has 2 atom stereocenters. The van der Waals surface area contributed by atoms with Crippen molar-refractivity contribution in [3.05, 3.63) is 23.3 Å². The third-order valence-corrected chi connectivity index (χ3v) is 5.07. The van der Waals surface area contributed by atoms with Crippen molar-refractivity contribution in [2.45, 2.75) is 56.5 Å². The normalized spacial score (nSPS) is 28.6. The maximum atomic E-state index is 6.36. The number of nitrogens with two attached hydrogens (primary N) is 2. The summed E-state index contributed by atoms with van der Waals surface area (Å²) in [6.45, 7) is 0.944. The van der Waals surface area contributed by atoms with Crippen LogP contribution in [0, 0.1) is 0 Å². The lowest BCUT2D eigenvalue weighted by Gasteiger charge is -2.33. The molecule has 1 aliphatic carbocycles. The first-order valence-corrected chi connectivity index (χ1v) is 8.34. The van der Waals surface area contributed by atoms with E-state index in [-0.39, 0.29) is 12.2 Å². The van der Waals surface area contributed by atoms with Gasteiger partial charge in [-0.15, -0.1) is 0 Å². The number of fused-ring (bicyclic) bond motifs is 3. The van der Waals surface area contributed by atoms with E-state index in [0.29, 0.717) is 13.1 Å². The van der Waals surface area contributed by atoms with Gasteiger partial charge in [0, 0.05) is 37.9 Å². The molecule has 2 aliphatic heterocycles. The van der Waals surface area contributed by atoms with Crippen LogP contribution in [0.2, 0.25) is 0 Å². The Labute approximate surface area is 130 Å². The zero-order valence-corrected chi connectivity index (χ0v) is 12.8. The number of hydrogen-bond donors (Lipinski definition) is 2. The highest BCUT2D eigenvalue weighted by molar-refractivity contribution is 5.55. The highest BCUT2D eigenvalue weighted by Gasteiger charge is 2.44. The molecule has 0 aromatic heterocycles. The minimum absolute atomic E-state index is 0.000874. The first-order chi connectivity index (χ1) is 10.7. The van der Waals surface area contributed by atoms with Gasteiger partial charge < -0.3 is 25.7 Å². The quantitative estimate of drug-likeness (QED) is 0.874. The molecule has 1 fully saturated rings. The van der Waals surface area contributed by atoms with Crippen molar-refractivity contribution < 1.29 is 14.2 Å². The summed E-state index contributed by atoms with van der Waals surface area (Å²) in [5.41, 5.74) is 14.0. The fourth-order valence-electron chi connectivity index (χ4n) is 3.93. The molecule has 0 radical (unpaired) electrons. The van der Waals surface area contributed by atoms with Gasteiger partial charge in [0.25, 0.3) is 5.79 Å². The van der Waals surface area contributed by atoms with E-state index in [1.165, 1.54) is 12.0 Å². The van der Waals surface area contributed by atoms with Gasteiger partial charge in [0.2, 0.25) is 0 Å². The third-order valence-electron chi connectivity index (χ3n) is 5.07. The lowest BCUT2D eigenvalue weighted by atomic mass is 9.92. The molecule has 0 saturated heterocycles. The average molecular weight is 304 g/mol. The number of rotatable bonds is 2. The molecule has 5 nitrogen and oxygen atoms in total. The molecule has 1 aromatic rings. The Kier molecular flexibility index (Phi) is 3.51. The molecular formula is C17H24N2O3. The highest BCUT2D eigenvalue weighted by Crippen LogP contribution is 2.50. The molecular weight excluding hydrogens is 280 g/mol. The maximum absolute atomic E-state index is 6.36. The fourth-order valence-corrected chi connectivity index (χ4v) is 3.93. The summed E-state index contributed by atoms with van der Waals surface area (Å²) in [5.74, 6) is 1.33. The van der Waals surface area contributed by atoms with Crippen molar-refractivity contribution >= 4 is 0 Å². The molecule has 2 heterocycles. The van der Waals surface area contributed by atoms with E-state index in [4.69, 9.17) is 25.7 Å². The van der Waals surface area contributed by atoms with Crippen LogP contribution >= 0.6 is 0 Å². The van der Waals surface area contributed by atoms with E-state index in [0.717, 1.165) is 49.2 Å². The summed E-state index contributed by atoms with van der Waals surface area (Å²) in [5, 5.41) is 0. The maximum Gasteiger partial charge on any atom is 0.251 e. The van der Waals surface area contributed by atoms with Crippen molar-refractivity contribution in [1.82, 2.24) is 0 Å². The second-order valence-corrected chi connectivity index (χ2v) is 6.56. The lowest BCUT2D eigenvalue weighted by molar-refractivity contribution is -0.106. The van der Waals surface area contributed by atoms with E-state index < -0.39 is 5.79 Å². The largest absolute Gasteiger partial charge is 0.448 e. The summed E-state index contributed by atoms with van der Waals surface area (Å²) in [7, 11) is 0. The average Bonchev–Trinajstić information content (AvgIpc) is 2.92. The SMILES string of the molecule is NCC1Cc2c(ccc3c2OC2(CCCCC2)O3)C(CN)O1. The Morgan fingerprint density at radius 1 is 1.05 bits per heavy atom. The predicted octanol–water partition coefficient (Wildman–Crippen LogP) is 2.02. The van der Waals surface area contributed by atoms with E-state index in [2.05, 4.69) is 6.07 Å². The molecule has 0 bridgehead atoms. The summed E-state index contributed by atoms with van der Waals surface area (Å²) in [6.07, 6.45) is 6.19. The zero-order valence-electron chi connectivity index (χ0n) is 12.8. The second kappa shape index (κ2) is 5.41. The Morgan fingerprint density at radius 3 is 2.59 bits per heavy atom. The Morgan fingerprint density at radius 2 is 1.86 bits per heavy atom. The third kappa shape index (κ3) is 2.19. The number of ether oxygens (including phenoxy) is 3. The molecule has 4 rings (SSSR count). The van der Waals surface area contributed by atoms with E-state index in [9.17, 15) is 0 Å². The van der Waals surface area contributed by atoms with Crippen LogP contribution in [0.5, 0.6) is 11.5 Å². The van der Waals surface area contributed by atoms with Crippen molar-refractivity contribution in [3.63, 3.8) is 0 Å². The van der Waals surface area contributed by atoms with Crippen molar-refractivity contribution in [2.75, 3.05) is 13.1 Å². The van der Waals surface area contributed by atoms with Gasteiger partial charge in [-0.1, -0.05) is 12.5 Å². The van der Waals surface area contributed by atoms with Crippen LogP contribution in [-0.2, 0) is 11.2 Å². The predicted molar refractivity (Wildman–Crippen MR) is 82.9 cm³/mol. The molecule has 3 aliphatic rings. The molecule has 120 valence electrons. The summed E-state index contributed by atoms with van der Waals surface area (Å²) in [6, 6.07) is 4.08. The number of hydrogen-bond acceptors (Lipinski definition) is 5. The molecule has 1 aromatic carbocycles. The van der Waals surface area contributed by atoms with E-state index >= 15 is 0 Å². The molecule has 2 unspecified atom stereocenters. The van der Waals surface area contributed by atoms with Crippen LogP contribution in [-0.4, -0.2) is 25.0 Å². The summed E-state index contributed by atoms with van der Waals surface area (Å²) in [4.78, 5) is 0. The van der Waals surface area contributed by atoms with Crippen molar-refractivity contribution in [2.24, 2.45) is 11.5 Å². The highest BCUT2D eigenvalue weighted by atomic mass is 16.7. The first-order valence-electron chi connectivity index (χ1n) is 8.34. The van der Waals surface area contributed by atoms with E-state index in [1.807, 2.05) is 6.07 Å². The molecule has 5 heteroatoms. The molecule has 22 heavy (non-hydrogen) atoms. The van der Waals surface area contributed by atoms with Gasteiger partial charge in [-0.05, 0) is 24.5 Å². The molecule has 4 N–H and O–H groups in total. The van der Waals surface area contributed by atoms with Gasteiger partial charge in [-0.2, -0.15) is 0 Å². The van der Waals surface area contributed by atoms with Gasteiger partial charge in [0.05, 0.1) is 12.2 Å². The van der Waals surface area contributed by atoms with Gasteiger partial charge in [0.15, 0.2) is 11.5 Å². The molecule has 1 saturated carbocycles. The van der Waals surface area contributed by atoms with Crippen LogP contribution in [0.3, 0.4) is 0 Å². The van der Waals surface area contributed by atoms with Gasteiger partial charge in [-0.3, -0.25) is 0 Å². The smallest absolute Gasteiger partial charge is 0.251 e. The number of benzene rings is 1. The van der Waals surface area contributed by atoms with Crippen LogP contribution < -0.4 is 20.9 Å². The summed E-state index contributed by atoms with van der Waals surface area (Å²) < 4.78 is 18.5. The van der Waals surface area contributed by atoms with Crippen molar-refractivity contribution in [3.8, 4) is 11.5 Å². The van der Waals surface area contributed by atoms with Crippen molar-refractivity contribution in [1.29, 1.82) is 0 Å². The standard InChI is InChI=1S/C17H24N2O3/c18-9-11-8-13-12(15(10-19)20-11)4-5-14-16(13)22-17(21-14)6-2-1-3-7-17/h4-5,11,15H,1-3,6-10,18-19H2. The first kappa shape index (κ1) is 14.3. The minimum atomic E-state index is -0.440. The lowest BCUT2D eigenvalue weighted by Crippen LogP contribution is -2.40. The Hall–Kier alpha value is -1.30. The second-order valence-electron chi connectivity index (χ2n) is 6.56. The van der Waals surface area contributed by atoms with Crippen LogP contribution in [0.1, 0.15) is 49.3 Å². The monoisotopic (exact) mass is 304 g/mol. The topological polar surface area (TPSA) is 79.7 Å². The zero-order chi connectivity index (χ0) is 15.2. The van der Waals surface area contributed by atoms with Crippen LogP contribution in [0.15, 0.2) is 12.1 Å². The minimum Gasteiger partial charge on any atom is -0.448 e. The van der Waals surface area contributed by atoms with Gasteiger partial charge in [-0.25, -0.2) is 0 Å².